The normalized spacial score (nSPS) is 15.3. The Morgan fingerprint density at radius 1 is 1.27 bits per heavy atom. The number of imidazole rings is 1. The highest BCUT2D eigenvalue weighted by atomic mass is 79.9. The second kappa shape index (κ2) is 5.35. The van der Waals surface area contributed by atoms with Crippen LogP contribution in [0.25, 0.3) is 10.9 Å². The fraction of sp³-hybridized carbons (Fsp3) is 0.312. The van der Waals surface area contributed by atoms with Gasteiger partial charge in [-0.1, -0.05) is 15.9 Å². The van der Waals surface area contributed by atoms with Gasteiger partial charge in [0.05, 0.1) is 5.52 Å². The van der Waals surface area contributed by atoms with Gasteiger partial charge >= 0.3 is 0 Å². The Bertz CT molecular complexity index is 822. The van der Waals surface area contributed by atoms with Gasteiger partial charge in [0.1, 0.15) is 5.82 Å². The first-order valence-electron chi connectivity index (χ1n) is 7.34. The quantitative estimate of drug-likeness (QED) is 0.722. The molecule has 0 radical (unpaired) electrons. The standard InChI is InChI=1S/C16H16BrN5/c1-11-18-4-5-21(11)8-12-9-22(10-12)16-19-7-13-6-14(17)2-3-15(13)20-16/h2-7,12H,8-10H2,1H3. The topological polar surface area (TPSA) is 46.8 Å². The van der Waals surface area contributed by atoms with Crippen molar-refractivity contribution in [3.05, 3.63) is 47.1 Å². The maximum atomic E-state index is 4.66. The van der Waals surface area contributed by atoms with Crippen LogP contribution in [0.1, 0.15) is 5.82 Å². The SMILES string of the molecule is Cc1nccn1CC1CN(c2ncc3cc(Br)ccc3n2)C1. The molecule has 0 bridgehead atoms. The number of aromatic nitrogens is 4. The number of aryl methyl sites for hydroxylation is 1. The summed E-state index contributed by atoms with van der Waals surface area (Å²) in [6.45, 7) is 5.06. The molecule has 0 amide bonds. The van der Waals surface area contributed by atoms with Gasteiger partial charge in [0.15, 0.2) is 0 Å². The monoisotopic (exact) mass is 357 g/mol. The average molecular weight is 358 g/mol. The minimum atomic E-state index is 0.636. The van der Waals surface area contributed by atoms with Gasteiger partial charge in [-0.2, -0.15) is 0 Å². The average Bonchev–Trinajstić information content (AvgIpc) is 2.87. The Balaban J connectivity index is 1.46. The van der Waals surface area contributed by atoms with Gasteiger partial charge in [-0.3, -0.25) is 0 Å². The molecule has 6 heteroatoms. The Labute approximate surface area is 137 Å². The van der Waals surface area contributed by atoms with Gasteiger partial charge in [-0.15, -0.1) is 0 Å². The molecule has 2 aromatic heterocycles. The summed E-state index contributed by atoms with van der Waals surface area (Å²) in [4.78, 5) is 15.7. The van der Waals surface area contributed by atoms with E-state index in [-0.39, 0.29) is 0 Å². The lowest BCUT2D eigenvalue weighted by Gasteiger charge is -2.39. The first-order chi connectivity index (χ1) is 10.7. The molecule has 0 aliphatic carbocycles. The van der Waals surface area contributed by atoms with Crippen LogP contribution in [-0.2, 0) is 6.54 Å². The summed E-state index contributed by atoms with van der Waals surface area (Å²) in [5, 5.41) is 1.06. The number of anilines is 1. The van der Waals surface area contributed by atoms with Gasteiger partial charge in [0.25, 0.3) is 0 Å². The minimum absolute atomic E-state index is 0.636. The lowest BCUT2D eigenvalue weighted by Crippen LogP contribution is -2.49. The smallest absolute Gasteiger partial charge is 0.225 e. The summed E-state index contributed by atoms with van der Waals surface area (Å²) >= 11 is 3.47. The Kier molecular flexibility index (Phi) is 3.33. The highest BCUT2D eigenvalue weighted by Crippen LogP contribution is 2.25. The molecule has 1 saturated heterocycles. The summed E-state index contributed by atoms with van der Waals surface area (Å²) in [5.74, 6) is 2.54. The third-order valence-corrected chi connectivity index (χ3v) is 4.64. The summed E-state index contributed by atoms with van der Waals surface area (Å²) in [7, 11) is 0. The Morgan fingerprint density at radius 3 is 2.91 bits per heavy atom. The molecule has 1 aliphatic rings. The van der Waals surface area contributed by atoms with Crippen LogP contribution in [-0.4, -0.2) is 32.6 Å². The molecular weight excluding hydrogens is 342 g/mol. The van der Waals surface area contributed by atoms with E-state index in [1.165, 1.54) is 0 Å². The predicted molar refractivity (Wildman–Crippen MR) is 89.9 cm³/mol. The second-order valence-corrected chi connectivity index (χ2v) is 6.69. The molecule has 0 N–H and O–H groups in total. The largest absolute Gasteiger partial charge is 0.340 e. The van der Waals surface area contributed by atoms with Crippen molar-refractivity contribution in [2.45, 2.75) is 13.5 Å². The van der Waals surface area contributed by atoms with E-state index < -0.39 is 0 Å². The molecule has 1 fully saturated rings. The van der Waals surface area contributed by atoms with E-state index >= 15 is 0 Å². The van der Waals surface area contributed by atoms with Crippen LogP contribution in [0.5, 0.6) is 0 Å². The third-order valence-electron chi connectivity index (χ3n) is 4.15. The van der Waals surface area contributed by atoms with Crippen LogP contribution in [0.3, 0.4) is 0 Å². The van der Waals surface area contributed by atoms with Crippen LogP contribution < -0.4 is 4.90 Å². The molecule has 4 rings (SSSR count). The molecule has 0 saturated carbocycles. The second-order valence-electron chi connectivity index (χ2n) is 5.77. The van der Waals surface area contributed by atoms with Crippen molar-refractivity contribution in [1.82, 2.24) is 19.5 Å². The summed E-state index contributed by atoms with van der Waals surface area (Å²) in [6, 6.07) is 6.08. The molecule has 112 valence electrons. The molecule has 5 nitrogen and oxygen atoms in total. The lowest BCUT2D eigenvalue weighted by atomic mass is 10.0. The van der Waals surface area contributed by atoms with E-state index in [0.717, 1.165) is 46.8 Å². The molecule has 22 heavy (non-hydrogen) atoms. The molecule has 1 aliphatic heterocycles. The Morgan fingerprint density at radius 2 is 2.14 bits per heavy atom. The van der Waals surface area contributed by atoms with E-state index in [1.54, 1.807) is 0 Å². The molecule has 0 spiro atoms. The predicted octanol–water partition coefficient (Wildman–Crippen LogP) is 3.03. The van der Waals surface area contributed by atoms with Gasteiger partial charge < -0.3 is 9.47 Å². The number of benzene rings is 1. The highest BCUT2D eigenvalue weighted by Gasteiger charge is 2.29. The van der Waals surface area contributed by atoms with Crippen molar-refractivity contribution in [2.24, 2.45) is 5.92 Å². The number of rotatable bonds is 3. The first-order valence-corrected chi connectivity index (χ1v) is 8.13. The molecule has 0 atom stereocenters. The van der Waals surface area contributed by atoms with Crippen molar-refractivity contribution < 1.29 is 0 Å². The van der Waals surface area contributed by atoms with E-state index in [4.69, 9.17) is 0 Å². The zero-order valence-corrected chi connectivity index (χ0v) is 13.9. The minimum Gasteiger partial charge on any atom is -0.340 e. The molecule has 0 unspecified atom stereocenters. The van der Waals surface area contributed by atoms with Gasteiger partial charge in [0.2, 0.25) is 5.95 Å². The molecule has 3 aromatic rings. The number of nitrogens with zero attached hydrogens (tertiary/aromatic N) is 5. The fourth-order valence-corrected chi connectivity index (χ4v) is 3.25. The maximum absolute atomic E-state index is 4.66. The number of hydrogen-bond acceptors (Lipinski definition) is 4. The van der Waals surface area contributed by atoms with E-state index in [9.17, 15) is 0 Å². The van der Waals surface area contributed by atoms with Crippen molar-refractivity contribution >= 4 is 32.8 Å². The zero-order valence-electron chi connectivity index (χ0n) is 12.3. The van der Waals surface area contributed by atoms with Crippen LogP contribution in [0.15, 0.2) is 41.3 Å². The summed E-state index contributed by atoms with van der Waals surface area (Å²) in [5.41, 5.74) is 0.988. The number of fused-ring (bicyclic) bond motifs is 1. The molecule has 3 heterocycles. The summed E-state index contributed by atoms with van der Waals surface area (Å²) < 4.78 is 3.26. The highest BCUT2D eigenvalue weighted by molar-refractivity contribution is 9.10. The van der Waals surface area contributed by atoms with Gasteiger partial charge in [0, 0.05) is 54.0 Å². The summed E-state index contributed by atoms with van der Waals surface area (Å²) in [6.07, 6.45) is 5.80. The number of hydrogen-bond donors (Lipinski definition) is 0. The van der Waals surface area contributed by atoms with E-state index in [2.05, 4.69) is 40.3 Å². The van der Waals surface area contributed by atoms with Crippen LogP contribution in [0, 0.1) is 12.8 Å². The van der Waals surface area contributed by atoms with Crippen molar-refractivity contribution in [1.29, 1.82) is 0 Å². The molecule has 1 aromatic carbocycles. The van der Waals surface area contributed by atoms with E-state index in [0.29, 0.717) is 5.92 Å². The number of halogens is 1. The van der Waals surface area contributed by atoms with E-state index in [1.807, 2.05) is 43.7 Å². The third kappa shape index (κ3) is 2.47. The lowest BCUT2D eigenvalue weighted by molar-refractivity contribution is 0.350. The van der Waals surface area contributed by atoms with Crippen molar-refractivity contribution in [2.75, 3.05) is 18.0 Å². The maximum Gasteiger partial charge on any atom is 0.225 e. The van der Waals surface area contributed by atoms with Crippen LogP contribution in [0.4, 0.5) is 5.95 Å². The first kappa shape index (κ1) is 13.7. The van der Waals surface area contributed by atoms with Crippen LogP contribution in [0.2, 0.25) is 0 Å². The van der Waals surface area contributed by atoms with Gasteiger partial charge in [-0.25, -0.2) is 15.0 Å². The van der Waals surface area contributed by atoms with Crippen LogP contribution >= 0.6 is 15.9 Å². The zero-order chi connectivity index (χ0) is 15.1. The van der Waals surface area contributed by atoms with Crippen molar-refractivity contribution in [3.8, 4) is 0 Å². The van der Waals surface area contributed by atoms with Gasteiger partial charge in [-0.05, 0) is 25.1 Å². The molecular formula is C16H16BrN5. The van der Waals surface area contributed by atoms with Crippen molar-refractivity contribution in [3.63, 3.8) is 0 Å². The Hall–Kier alpha value is -1.95. The fourth-order valence-electron chi connectivity index (χ4n) is 2.87.